The number of imidazole rings is 1. The molecule has 2 N–H and O–H groups in total. The molecule has 0 aliphatic heterocycles. The fourth-order valence-electron chi connectivity index (χ4n) is 3.54. The van der Waals surface area contributed by atoms with Gasteiger partial charge in [-0.1, -0.05) is 47.7 Å². The zero-order valence-corrected chi connectivity index (χ0v) is 19.6. The summed E-state index contributed by atoms with van der Waals surface area (Å²) in [5.41, 5.74) is 4.32. The van der Waals surface area contributed by atoms with E-state index < -0.39 is 0 Å². The van der Waals surface area contributed by atoms with E-state index in [1.165, 1.54) is 11.3 Å². The monoisotopic (exact) mass is 446 g/mol. The van der Waals surface area contributed by atoms with Crippen LogP contribution >= 0.6 is 11.3 Å². The van der Waals surface area contributed by atoms with Crippen molar-refractivity contribution in [2.45, 2.75) is 33.2 Å². The summed E-state index contributed by atoms with van der Waals surface area (Å²) in [5.74, 6) is -0.312. The number of carbonyl (C=O) groups is 2. The van der Waals surface area contributed by atoms with Gasteiger partial charge in [0.1, 0.15) is 11.4 Å². The van der Waals surface area contributed by atoms with Gasteiger partial charge < -0.3 is 10.6 Å². The molecule has 164 valence electrons. The third kappa shape index (κ3) is 4.16. The molecule has 0 saturated heterocycles. The molecular weight excluding hydrogens is 420 g/mol. The standard InChI is InChI=1S/C25H26N4O2S/c1-15-11-12-17(22(30)28-25(2,3)4)13-18(15)19-14-29-21(23(31)26-5)20(27-24(29)32-19)16-9-7-6-8-10-16/h6-14H,1-5H3,(H,26,31)(H,28,30). The molecule has 2 aromatic carbocycles. The Labute approximate surface area is 191 Å². The number of rotatable bonds is 4. The Kier molecular flexibility index (Phi) is 5.60. The Morgan fingerprint density at radius 3 is 2.41 bits per heavy atom. The number of nitrogens with one attached hydrogen (secondary N) is 2. The molecule has 0 fully saturated rings. The van der Waals surface area contributed by atoms with E-state index in [-0.39, 0.29) is 17.4 Å². The average molecular weight is 447 g/mol. The Bertz CT molecular complexity index is 1310. The van der Waals surface area contributed by atoms with Crippen LogP contribution in [0, 0.1) is 6.92 Å². The van der Waals surface area contributed by atoms with Crippen molar-refractivity contribution < 1.29 is 9.59 Å². The van der Waals surface area contributed by atoms with Crippen LogP contribution in [0.5, 0.6) is 0 Å². The Morgan fingerprint density at radius 2 is 1.75 bits per heavy atom. The van der Waals surface area contributed by atoms with Crippen LogP contribution in [0.4, 0.5) is 0 Å². The van der Waals surface area contributed by atoms with E-state index in [2.05, 4.69) is 10.6 Å². The van der Waals surface area contributed by atoms with Crippen LogP contribution in [-0.4, -0.2) is 33.8 Å². The maximum absolute atomic E-state index is 12.8. The van der Waals surface area contributed by atoms with Crippen molar-refractivity contribution in [3.8, 4) is 21.7 Å². The van der Waals surface area contributed by atoms with Crippen LogP contribution in [0.15, 0.2) is 54.7 Å². The number of fused-ring (bicyclic) bond motifs is 1. The predicted octanol–water partition coefficient (Wildman–Crippen LogP) is 4.93. The second-order valence-electron chi connectivity index (χ2n) is 8.74. The third-order valence-corrected chi connectivity index (χ3v) is 6.09. The number of hydrogen-bond donors (Lipinski definition) is 2. The maximum Gasteiger partial charge on any atom is 0.270 e. The van der Waals surface area contributed by atoms with Crippen molar-refractivity contribution in [2.75, 3.05) is 7.05 Å². The van der Waals surface area contributed by atoms with Gasteiger partial charge in [0.25, 0.3) is 11.8 Å². The van der Waals surface area contributed by atoms with Crippen LogP contribution in [0.25, 0.3) is 26.7 Å². The van der Waals surface area contributed by atoms with Crippen LogP contribution in [-0.2, 0) is 0 Å². The first-order chi connectivity index (χ1) is 15.2. The van der Waals surface area contributed by atoms with Crippen LogP contribution in [0.3, 0.4) is 0 Å². The molecule has 0 spiro atoms. The van der Waals surface area contributed by atoms with Crippen molar-refractivity contribution in [1.29, 1.82) is 0 Å². The number of hydrogen-bond acceptors (Lipinski definition) is 4. The number of nitrogens with zero attached hydrogens (tertiary/aromatic N) is 2. The number of carbonyl (C=O) groups excluding carboxylic acids is 2. The quantitative estimate of drug-likeness (QED) is 0.467. The lowest BCUT2D eigenvalue weighted by atomic mass is 10.0. The van der Waals surface area contributed by atoms with E-state index >= 15 is 0 Å². The number of amides is 2. The second-order valence-corrected chi connectivity index (χ2v) is 9.75. The van der Waals surface area contributed by atoms with Crippen LogP contribution < -0.4 is 10.6 Å². The SMILES string of the molecule is CNC(=O)c1c(-c2ccccc2)nc2sc(-c3cc(C(=O)NC(C)(C)C)ccc3C)cn12. The Balaban J connectivity index is 1.82. The molecule has 0 aliphatic carbocycles. The normalized spacial score (nSPS) is 11.5. The minimum atomic E-state index is -0.317. The molecule has 2 amide bonds. The molecule has 0 atom stereocenters. The Hall–Kier alpha value is -3.45. The minimum Gasteiger partial charge on any atom is -0.354 e. The highest BCUT2D eigenvalue weighted by Crippen LogP contribution is 2.35. The van der Waals surface area contributed by atoms with Crippen molar-refractivity contribution >= 4 is 28.1 Å². The van der Waals surface area contributed by atoms with Gasteiger partial charge in [-0.05, 0) is 51.0 Å². The van der Waals surface area contributed by atoms with E-state index in [0.29, 0.717) is 17.0 Å². The number of thiazole rings is 1. The third-order valence-electron chi connectivity index (χ3n) is 5.07. The van der Waals surface area contributed by atoms with Crippen molar-refractivity contribution in [2.24, 2.45) is 0 Å². The van der Waals surface area contributed by atoms with Crippen LogP contribution in [0.2, 0.25) is 0 Å². The van der Waals surface area contributed by atoms with Gasteiger partial charge in [0.2, 0.25) is 0 Å². The van der Waals surface area contributed by atoms with E-state index in [0.717, 1.165) is 26.5 Å². The smallest absolute Gasteiger partial charge is 0.270 e. The molecule has 0 saturated carbocycles. The van der Waals surface area contributed by atoms with Crippen molar-refractivity contribution in [3.63, 3.8) is 0 Å². The average Bonchev–Trinajstić information content (AvgIpc) is 3.31. The van der Waals surface area contributed by atoms with Crippen LogP contribution in [0.1, 0.15) is 47.2 Å². The summed E-state index contributed by atoms with van der Waals surface area (Å²) in [6.45, 7) is 7.88. The molecule has 4 rings (SSSR count). The lowest BCUT2D eigenvalue weighted by Gasteiger charge is -2.20. The van der Waals surface area contributed by atoms with Gasteiger partial charge >= 0.3 is 0 Å². The highest BCUT2D eigenvalue weighted by Gasteiger charge is 2.23. The summed E-state index contributed by atoms with van der Waals surface area (Å²) in [4.78, 5) is 31.9. The molecule has 32 heavy (non-hydrogen) atoms. The molecule has 4 aromatic rings. The van der Waals surface area contributed by atoms with E-state index in [9.17, 15) is 9.59 Å². The minimum absolute atomic E-state index is 0.113. The van der Waals surface area contributed by atoms with Gasteiger partial charge in [0.05, 0.1) is 4.88 Å². The second kappa shape index (κ2) is 8.24. The van der Waals surface area contributed by atoms with E-state index in [1.807, 2.05) is 86.8 Å². The van der Waals surface area contributed by atoms with Crippen molar-refractivity contribution in [1.82, 2.24) is 20.0 Å². The lowest BCUT2D eigenvalue weighted by Crippen LogP contribution is -2.40. The largest absolute Gasteiger partial charge is 0.354 e. The summed E-state index contributed by atoms with van der Waals surface area (Å²) in [5, 5.41) is 5.73. The number of benzene rings is 2. The van der Waals surface area contributed by atoms with Gasteiger partial charge in [-0.3, -0.25) is 14.0 Å². The molecule has 2 heterocycles. The summed E-state index contributed by atoms with van der Waals surface area (Å²) in [7, 11) is 1.62. The highest BCUT2D eigenvalue weighted by atomic mass is 32.1. The zero-order chi connectivity index (χ0) is 23.0. The summed E-state index contributed by atoms with van der Waals surface area (Å²) < 4.78 is 1.84. The van der Waals surface area contributed by atoms with E-state index in [1.54, 1.807) is 7.05 Å². The summed E-state index contributed by atoms with van der Waals surface area (Å²) in [6.07, 6.45) is 1.93. The first kappa shape index (κ1) is 21.8. The summed E-state index contributed by atoms with van der Waals surface area (Å²) in [6, 6.07) is 15.4. The first-order valence-corrected chi connectivity index (χ1v) is 11.2. The van der Waals surface area contributed by atoms with Gasteiger partial charge in [0.15, 0.2) is 4.96 Å². The molecular formula is C25H26N4O2S. The molecule has 0 aliphatic rings. The number of aromatic nitrogens is 2. The fourth-order valence-corrected chi connectivity index (χ4v) is 4.61. The fraction of sp³-hybridized carbons (Fsp3) is 0.240. The first-order valence-electron chi connectivity index (χ1n) is 10.4. The maximum atomic E-state index is 12.8. The van der Waals surface area contributed by atoms with Gasteiger partial charge in [-0.15, -0.1) is 0 Å². The lowest BCUT2D eigenvalue weighted by molar-refractivity contribution is 0.0917. The molecule has 0 unspecified atom stereocenters. The molecule has 7 heteroatoms. The molecule has 0 radical (unpaired) electrons. The molecule has 0 bridgehead atoms. The zero-order valence-electron chi connectivity index (χ0n) is 18.8. The highest BCUT2D eigenvalue weighted by molar-refractivity contribution is 7.20. The number of aryl methyl sites for hydroxylation is 1. The summed E-state index contributed by atoms with van der Waals surface area (Å²) >= 11 is 1.50. The van der Waals surface area contributed by atoms with Gasteiger partial charge in [-0.25, -0.2) is 4.98 Å². The molecule has 6 nitrogen and oxygen atoms in total. The van der Waals surface area contributed by atoms with E-state index in [4.69, 9.17) is 4.98 Å². The van der Waals surface area contributed by atoms with Gasteiger partial charge in [-0.2, -0.15) is 0 Å². The van der Waals surface area contributed by atoms with Crippen molar-refractivity contribution in [3.05, 3.63) is 71.5 Å². The van der Waals surface area contributed by atoms with Gasteiger partial charge in [0, 0.05) is 29.9 Å². The predicted molar refractivity (Wildman–Crippen MR) is 129 cm³/mol. The molecule has 2 aromatic heterocycles. The topological polar surface area (TPSA) is 75.5 Å². The Morgan fingerprint density at radius 1 is 1.03 bits per heavy atom.